The molecule has 0 unspecified atom stereocenters. The number of hydrogen-bond acceptors (Lipinski definition) is 3. The summed E-state index contributed by atoms with van der Waals surface area (Å²) in [5, 5.41) is 3.12. The first-order chi connectivity index (χ1) is 7.97. The molecule has 0 saturated heterocycles. The molecule has 0 radical (unpaired) electrons. The van der Waals surface area contributed by atoms with E-state index in [1.54, 1.807) is 0 Å². The number of benzene rings is 1. The molecule has 1 aromatic carbocycles. The molecule has 1 aromatic rings. The standard InChI is InChI=1S/C8H8F2N4O2S/c9-7-2-1-6(5-8(7)10)17(15,16)13-4-3-12-14-11/h1-2,5,13H,3-4H2. The highest BCUT2D eigenvalue weighted by atomic mass is 32.2. The molecule has 6 nitrogen and oxygen atoms in total. The van der Waals surface area contributed by atoms with E-state index in [0.717, 1.165) is 12.1 Å². The fourth-order valence-corrected chi connectivity index (χ4v) is 2.03. The predicted molar refractivity (Wildman–Crippen MR) is 55.6 cm³/mol. The lowest BCUT2D eigenvalue weighted by atomic mass is 10.3. The van der Waals surface area contributed by atoms with Gasteiger partial charge in [0.05, 0.1) is 4.90 Å². The van der Waals surface area contributed by atoms with Crippen molar-refractivity contribution in [3.63, 3.8) is 0 Å². The second-order valence-electron chi connectivity index (χ2n) is 2.93. The fraction of sp³-hybridized carbons (Fsp3) is 0.250. The van der Waals surface area contributed by atoms with Crippen LogP contribution in [-0.2, 0) is 10.0 Å². The van der Waals surface area contributed by atoms with Gasteiger partial charge in [0.15, 0.2) is 11.6 Å². The van der Waals surface area contributed by atoms with Crippen molar-refractivity contribution in [3.8, 4) is 0 Å². The maximum atomic E-state index is 12.8. The zero-order chi connectivity index (χ0) is 12.9. The molecule has 0 heterocycles. The van der Waals surface area contributed by atoms with E-state index in [9.17, 15) is 17.2 Å². The summed E-state index contributed by atoms with van der Waals surface area (Å²) in [4.78, 5) is 2.04. The summed E-state index contributed by atoms with van der Waals surface area (Å²) in [7, 11) is -3.92. The van der Waals surface area contributed by atoms with Gasteiger partial charge in [0.1, 0.15) is 0 Å². The fourth-order valence-electron chi connectivity index (χ4n) is 1.00. The van der Waals surface area contributed by atoms with Gasteiger partial charge in [0.2, 0.25) is 10.0 Å². The molecule has 0 fully saturated rings. The normalized spacial score (nSPS) is 10.9. The Bertz CT molecular complexity index is 555. The number of nitrogens with one attached hydrogen (secondary N) is 1. The summed E-state index contributed by atoms with van der Waals surface area (Å²) in [5.74, 6) is -2.37. The SMILES string of the molecule is [N-]=[N+]=NCCNS(=O)(=O)c1ccc(F)c(F)c1. The van der Waals surface area contributed by atoms with Crippen LogP contribution in [0.3, 0.4) is 0 Å². The summed E-state index contributed by atoms with van der Waals surface area (Å²) in [5.41, 5.74) is 7.97. The van der Waals surface area contributed by atoms with Crippen molar-refractivity contribution in [1.82, 2.24) is 4.72 Å². The molecule has 0 aliphatic rings. The van der Waals surface area contributed by atoms with Gasteiger partial charge >= 0.3 is 0 Å². The van der Waals surface area contributed by atoms with Crippen molar-refractivity contribution in [2.45, 2.75) is 4.90 Å². The molecule has 0 spiro atoms. The Morgan fingerprint density at radius 1 is 1.35 bits per heavy atom. The van der Waals surface area contributed by atoms with Crippen LogP contribution in [0.5, 0.6) is 0 Å². The topological polar surface area (TPSA) is 94.9 Å². The predicted octanol–water partition coefficient (Wildman–Crippen LogP) is 1.55. The average Bonchev–Trinajstić information content (AvgIpc) is 2.28. The van der Waals surface area contributed by atoms with Crippen LogP contribution in [0.2, 0.25) is 0 Å². The van der Waals surface area contributed by atoms with Gasteiger partial charge in [-0.3, -0.25) is 0 Å². The van der Waals surface area contributed by atoms with Crippen LogP contribution in [0.25, 0.3) is 10.4 Å². The van der Waals surface area contributed by atoms with Crippen molar-refractivity contribution in [3.05, 3.63) is 40.3 Å². The van der Waals surface area contributed by atoms with E-state index in [1.165, 1.54) is 0 Å². The summed E-state index contributed by atoms with van der Waals surface area (Å²) in [6.07, 6.45) is 0. The van der Waals surface area contributed by atoms with Gasteiger partial charge in [-0.1, -0.05) is 5.11 Å². The molecule has 1 N–H and O–H groups in total. The highest BCUT2D eigenvalue weighted by molar-refractivity contribution is 7.89. The minimum absolute atomic E-state index is 0.0700. The summed E-state index contributed by atoms with van der Waals surface area (Å²) in [6, 6.07) is 2.23. The molecule has 0 amide bonds. The molecule has 1 rings (SSSR count). The van der Waals surface area contributed by atoms with Crippen LogP contribution in [0, 0.1) is 11.6 Å². The van der Waals surface area contributed by atoms with Crippen LogP contribution < -0.4 is 4.72 Å². The molecule has 9 heteroatoms. The monoisotopic (exact) mass is 262 g/mol. The van der Waals surface area contributed by atoms with E-state index in [4.69, 9.17) is 5.53 Å². The van der Waals surface area contributed by atoms with Gasteiger partial charge in [-0.15, -0.1) is 0 Å². The van der Waals surface area contributed by atoms with Crippen molar-refractivity contribution < 1.29 is 17.2 Å². The van der Waals surface area contributed by atoms with Gasteiger partial charge in [-0.25, -0.2) is 21.9 Å². The van der Waals surface area contributed by atoms with Gasteiger partial charge in [-0.05, 0) is 23.7 Å². The summed E-state index contributed by atoms with van der Waals surface area (Å²) < 4.78 is 50.5. The van der Waals surface area contributed by atoms with Crippen LogP contribution in [0.4, 0.5) is 8.78 Å². The Labute approximate surface area is 95.9 Å². The first kappa shape index (κ1) is 13.4. The van der Waals surface area contributed by atoms with Gasteiger partial charge in [0.25, 0.3) is 0 Å². The molecule has 17 heavy (non-hydrogen) atoms. The van der Waals surface area contributed by atoms with Gasteiger partial charge in [0, 0.05) is 18.0 Å². The number of nitrogens with zero attached hydrogens (tertiary/aromatic N) is 3. The Balaban J connectivity index is 2.82. The third-order valence-corrected chi connectivity index (χ3v) is 3.23. The zero-order valence-electron chi connectivity index (χ0n) is 8.47. The van der Waals surface area contributed by atoms with Gasteiger partial charge in [-0.2, -0.15) is 0 Å². The lowest BCUT2D eigenvalue weighted by Crippen LogP contribution is -2.26. The largest absolute Gasteiger partial charge is 0.240 e. The van der Waals surface area contributed by atoms with E-state index in [0.29, 0.717) is 6.07 Å². The third-order valence-electron chi connectivity index (χ3n) is 1.77. The van der Waals surface area contributed by atoms with Crippen LogP contribution in [0.1, 0.15) is 0 Å². The number of halogens is 2. The molecule has 0 atom stereocenters. The molecule has 92 valence electrons. The molecule has 0 aliphatic heterocycles. The molecule has 0 bridgehead atoms. The minimum atomic E-state index is -3.92. The first-order valence-corrected chi connectivity index (χ1v) is 5.91. The van der Waals surface area contributed by atoms with Crippen molar-refractivity contribution in [1.29, 1.82) is 0 Å². The summed E-state index contributed by atoms with van der Waals surface area (Å²) in [6.45, 7) is -0.190. The molecular weight excluding hydrogens is 254 g/mol. The summed E-state index contributed by atoms with van der Waals surface area (Å²) >= 11 is 0. The second kappa shape index (κ2) is 5.58. The van der Waals surface area contributed by atoms with E-state index in [2.05, 4.69) is 14.7 Å². The van der Waals surface area contributed by atoms with E-state index >= 15 is 0 Å². The molecule has 0 saturated carbocycles. The van der Waals surface area contributed by atoms with Crippen LogP contribution in [0.15, 0.2) is 28.2 Å². The smallest absolute Gasteiger partial charge is 0.211 e. The van der Waals surface area contributed by atoms with Crippen molar-refractivity contribution in [2.75, 3.05) is 13.1 Å². The van der Waals surface area contributed by atoms with Crippen LogP contribution >= 0.6 is 0 Å². The lowest BCUT2D eigenvalue weighted by molar-refractivity contribution is 0.504. The van der Waals surface area contributed by atoms with E-state index < -0.39 is 26.6 Å². The molecule has 0 aliphatic carbocycles. The van der Waals surface area contributed by atoms with Crippen molar-refractivity contribution >= 4 is 10.0 Å². The Hall–Kier alpha value is -1.70. The highest BCUT2D eigenvalue weighted by Gasteiger charge is 2.15. The number of sulfonamides is 1. The third kappa shape index (κ3) is 3.66. The van der Waals surface area contributed by atoms with Crippen molar-refractivity contribution in [2.24, 2.45) is 5.11 Å². The van der Waals surface area contributed by atoms with E-state index in [1.807, 2.05) is 0 Å². The molecule has 0 aromatic heterocycles. The Kier molecular flexibility index (Phi) is 4.38. The Morgan fingerprint density at radius 2 is 2.06 bits per heavy atom. The zero-order valence-corrected chi connectivity index (χ0v) is 9.29. The van der Waals surface area contributed by atoms with Gasteiger partial charge < -0.3 is 0 Å². The molecular formula is C8H8F2N4O2S. The lowest BCUT2D eigenvalue weighted by Gasteiger charge is -2.05. The maximum Gasteiger partial charge on any atom is 0.240 e. The quantitative estimate of drug-likeness (QED) is 0.377. The number of azide groups is 1. The average molecular weight is 262 g/mol. The van der Waals surface area contributed by atoms with Crippen LogP contribution in [-0.4, -0.2) is 21.5 Å². The Morgan fingerprint density at radius 3 is 2.65 bits per heavy atom. The second-order valence-corrected chi connectivity index (χ2v) is 4.70. The highest BCUT2D eigenvalue weighted by Crippen LogP contribution is 2.13. The minimum Gasteiger partial charge on any atom is -0.211 e. The number of hydrogen-bond donors (Lipinski definition) is 1. The maximum absolute atomic E-state index is 12.8. The van der Waals surface area contributed by atoms with E-state index in [-0.39, 0.29) is 13.1 Å². The first-order valence-electron chi connectivity index (χ1n) is 4.43. The number of rotatable bonds is 5.